The summed E-state index contributed by atoms with van der Waals surface area (Å²) >= 11 is 1.07. The van der Waals surface area contributed by atoms with Crippen molar-refractivity contribution in [3.05, 3.63) is 35.4 Å². The number of rotatable bonds is 8. The fraction of sp³-hybridized carbons (Fsp3) is 0.375. The van der Waals surface area contributed by atoms with Crippen LogP contribution in [0.15, 0.2) is 34.5 Å². The molecule has 0 saturated carbocycles. The summed E-state index contributed by atoms with van der Waals surface area (Å²) in [6.07, 6.45) is 2.32. The molecule has 0 aliphatic carbocycles. The first-order chi connectivity index (χ1) is 11.6. The second kappa shape index (κ2) is 9.19. The zero-order valence-electron chi connectivity index (χ0n) is 13.3. The number of ether oxygens (including phenoxy) is 1. The predicted molar refractivity (Wildman–Crippen MR) is 93.2 cm³/mol. The van der Waals surface area contributed by atoms with Gasteiger partial charge >= 0.3 is 5.97 Å². The van der Waals surface area contributed by atoms with Crippen molar-refractivity contribution in [3.63, 3.8) is 0 Å². The van der Waals surface area contributed by atoms with Crippen molar-refractivity contribution in [3.8, 4) is 0 Å². The van der Waals surface area contributed by atoms with E-state index in [4.69, 9.17) is 9.84 Å². The van der Waals surface area contributed by atoms with Crippen molar-refractivity contribution in [2.75, 3.05) is 6.61 Å². The molecule has 0 spiro atoms. The van der Waals surface area contributed by atoms with Crippen molar-refractivity contribution in [1.82, 2.24) is 5.32 Å². The van der Waals surface area contributed by atoms with Gasteiger partial charge in [0.05, 0.1) is 19.2 Å². The molecule has 1 amide bonds. The molecule has 24 heavy (non-hydrogen) atoms. The number of nitrogens with one attached hydrogen (secondary N) is 1. The average Bonchev–Trinajstić information content (AvgIpc) is 2.87. The lowest BCUT2D eigenvalue weighted by Gasteiger charge is -2.03. The number of carboxylic acid groups (broad SMARTS) is 1. The number of carbonyl (C=O) groups excluding carboxylic acids is 1. The van der Waals surface area contributed by atoms with E-state index in [0.717, 1.165) is 35.9 Å². The number of benzene rings is 1. The van der Waals surface area contributed by atoms with Gasteiger partial charge in [0.25, 0.3) is 0 Å². The number of thioether (sulfide) groups is 1. The molecule has 0 bridgehead atoms. The van der Waals surface area contributed by atoms with Gasteiger partial charge in [0.1, 0.15) is 5.25 Å². The SMILES string of the molecule is CCCOCc1cccc(C=NN=C2NC(=O)C(CC(=O)O)S2)c1. The molecule has 1 aromatic carbocycles. The number of hydrogen-bond acceptors (Lipinski definition) is 6. The highest BCUT2D eigenvalue weighted by Gasteiger charge is 2.32. The standard InChI is InChI=1S/C16H19N3O4S/c1-2-6-23-10-12-5-3-4-11(7-12)9-17-19-16-18-15(22)13(24-16)8-14(20)21/h3-5,7,9,13H,2,6,8,10H2,1H3,(H,20,21)(H,18,19,22). The molecule has 1 aliphatic heterocycles. The fourth-order valence-electron chi connectivity index (χ4n) is 1.99. The van der Waals surface area contributed by atoms with Gasteiger partial charge in [-0.3, -0.25) is 9.59 Å². The summed E-state index contributed by atoms with van der Waals surface area (Å²) in [6.45, 7) is 3.33. The van der Waals surface area contributed by atoms with Crippen LogP contribution in [0.5, 0.6) is 0 Å². The summed E-state index contributed by atoms with van der Waals surface area (Å²) in [5.41, 5.74) is 1.92. The number of amides is 1. The van der Waals surface area contributed by atoms with Gasteiger partial charge in [-0.2, -0.15) is 5.10 Å². The molecular weight excluding hydrogens is 330 g/mol. The van der Waals surface area contributed by atoms with Crippen LogP contribution in [-0.4, -0.2) is 40.2 Å². The second-order valence-corrected chi connectivity index (χ2v) is 6.33. The Morgan fingerprint density at radius 1 is 1.50 bits per heavy atom. The Labute approximate surface area is 144 Å². The lowest BCUT2D eigenvalue weighted by atomic mass is 10.1. The molecule has 1 heterocycles. The molecule has 1 aliphatic rings. The molecule has 2 rings (SSSR count). The van der Waals surface area contributed by atoms with Crippen LogP contribution in [0.1, 0.15) is 30.9 Å². The summed E-state index contributed by atoms with van der Waals surface area (Å²) in [4.78, 5) is 22.2. The van der Waals surface area contributed by atoms with E-state index in [1.807, 2.05) is 24.3 Å². The molecule has 1 saturated heterocycles. The number of carbonyl (C=O) groups is 2. The number of aliphatic carboxylic acids is 1. The van der Waals surface area contributed by atoms with Crippen LogP contribution in [0.2, 0.25) is 0 Å². The maximum Gasteiger partial charge on any atom is 0.305 e. The average molecular weight is 349 g/mol. The fourth-order valence-corrected chi connectivity index (χ4v) is 2.91. The minimum Gasteiger partial charge on any atom is -0.481 e. The van der Waals surface area contributed by atoms with E-state index in [-0.39, 0.29) is 12.3 Å². The largest absolute Gasteiger partial charge is 0.481 e. The van der Waals surface area contributed by atoms with E-state index in [1.165, 1.54) is 0 Å². The minimum absolute atomic E-state index is 0.237. The first kappa shape index (κ1) is 18.2. The summed E-state index contributed by atoms with van der Waals surface area (Å²) in [7, 11) is 0. The third-order valence-electron chi connectivity index (χ3n) is 3.06. The molecule has 1 fully saturated rings. The number of hydrogen-bond donors (Lipinski definition) is 2. The Balaban J connectivity index is 1.93. The lowest BCUT2D eigenvalue weighted by molar-refractivity contribution is -0.138. The third-order valence-corrected chi connectivity index (χ3v) is 4.13. The Morgan fingerprint density at radius 3 is 3.08 bits per heavy atom. The van der Waals surface area contributed by atoms with Gasteiger partial charge in [-0.25, -0.2) is 0 Å². The Kier molecular flexibility index (Phi) is 6.95. The first-order valence-electron chi connectivity index (χ1n) is 7.55. The van der Waals surface area contributed by atoms with Crippen LogP contribution >= 0.6 is 11.8 Å². The topological polar surface area (TPSA) is 100 Å². The van der Waals surface area contributed by atoms with Gasteiger partial charge in [0, 0.05) is 6.61 Å². The van der Waals surface area contributed by atoms with Crippen LogP contribution in [0.25, 0.3) is 0 Å². The molecular formula is C16H19N3O4S. The van der Waals surface area contributed by atoms with E-state index in [9.17, 15) is 9.59 Å². The highest BCUT2D eigenvalue weighted by atomic mass is 32.2. The van der Waals surface area contributed by atoms with Crippen LogP contribution in [0.4, 0.5) is 0 Å². The van der Waals surface area contributed by atoms with Crippen molar-refractivity contribution >= 4 is 35.0 Å². The number of nitrogens with zero attached hydrogens (tertiary/aromatic N) is 2. The molecule has 1 aromatic rings. The summed E-state index contributed by atoms with van der Waals surface area (Å²) in [6, 6.07) is 7.73. The highest BCUT2D eigenvalue weighted by Crippen LogP contribution is 2.22. The van der Waals surface area contributed by atoms with E-state index in [2.05, 4.69) is 22.4 Å². The van der Waals surface area contributed by atoms with Crippen molar-refractivity contribution in [2.45, 2.75) is 31.6 Å². The van der Waals surface area contributed by atoms with Crippen molar-refractivity contribution in [1.29, 1.82) is 0 Å². The quantitative estimate of drug-likeness (QED) is 0.425. The monoisotopic (exact) mass is 349 g/mol. The van der Waals surface area contributed by atoms with Crippen LogP contribution in [0, 0.1) is 0 Å². The minimum atomic E-state index is -1.02. The Morgan fingerprint density at radius 2 is 2.33 bits per heavy atom. The van der Waals surface area contributed by atoms with Crippen molar-refractivity contribution < 1.29 is 19.4 Å². The van der Waals surface area contributed by atoms with Crippen LogP contribution in [0.3, 0.4) is 0 Å². The molecule has 0 radical (unpaired) electrons. The zero-order chi connectivity index (χ0) is 17.4. The highest BCUT2D eigenvalue weighted by molar-refractivity contribution is 8.15. The van der Waals surface area contributed by atoms with Gasteiger partial charge in [-0.05, 0) is 23.6 Å². The van der Waals surface area contributed by atoms with Gasteiger partial charge in [-0.1, -0.05) is 36.9 Å². The maximum atomic E-state index is 11.6. The molecule has 7 nitrogen and oxygen atoms in total. The first-order valence-corrected chi connectivity index (χ1v) is 8.43. The second-order valence-electron chi connectivity index (χ2n) is 5.14. The summed E-state index contributed by atoms with van der Waals surface area (Å²) in [5, 5.41) is 18.8. The van der Waals surface area contributed by atoms with Gasteiger partial charge in [-0.15, -0.1) is 5.10 Å². The number of amidine groups is 1. The van der Waals surface area contributed by atoms with E-state index in [0.29, 0.717) is 11.8 Å². The zero-order valence-corrected chi connectivity index (χ0v) is 14.1. The summed E-state index contributed by atoms with van der Waals surface area (Å²) < 4.78 is 5.49. The molecule has 1 unspecified atom stereocenters. The molecule has 1 atom stereocenters. The van der Waals surface area contributed by atoms with E-state index in [1.54, 1.807) is 6.21 Å². The Hall–Kier alpha value is -2.19. The molecule has 128 valence electrons. The maximum absolute atomic E-state index is 11.6. The van der Waals surface area contributed by atoms with E-state index < -0.39 is 11.2 Å². The lowest BCUT2D eigenvalue weighted by Crippen LogP contribution is -2.26. The van der Waals surface area contributed by atoms with Crippen molar-refractivity contribution in [2.24, 2.45) is 10.2 Å². The molecule has 8 heteroatoms. The number of carboxylic acids is 1. The normalized spacial score (nSPS) is 19.1. The van der Waals surface area contributed by atoms with Gasteiger partial charge < -0.3 is 15.2 Å². The van der Waals surface area contributed by atoms with Gasteiger partial charge in [0.2, 0.25) is 5.91 Å². The molecule has 2 N–H and O–H groups in total. The summed E-state index contributed by atoms with van der Waals surface area (Å²) in [5.74, 6) is -1.37. The van der Waals surface area contributed by atoms with E-state index >= 15 is 0 Å². The smallest absolute Gasteiger partial charge is 0.305 e. The van der Waals surface area contributed by atoms with Crippen LogP contribution in [-0.2, 0) is 20.9 Å². The van der Waals surface area contributed by atoms with Crippen LogP contribution < -0.4 is 5.32 Å². The Bertz CT molecular complexity index is 660. The predicted octanol–water partition coefficient (Wildman–Crippen LogP) is 2.01. The third kappa shape index (κ3) is 5.78. The molecule has 0 aromatic heterocycles. The van der Waals surface area contributed by atoms with Gasteiger partial charge in [0.15, 0.2) is 5.17 Å².